The molecule has 1 heterocycles. The Morgan fingerprint density at radius 1 is 1.33 bits per heavy atom. The predicted octanol–water partition coefficient (Wildman–Crippen LogP) is 1.13. The van der Waals surface area contributed by atoms with Crippen molar-refractivity contribution in [1.29, 1.82) is 0 Å². The number of nitrogens with zero attached hydrogens (tertiary/aromatic N) is 1. The molecule has 0 aliphatic carbocycles. The molecule has 1 aromatic carbocycles. The van der Waals surface area contributed by atoms with Crippen LogP contribution in [0.2, 0.25) is 0 Å². The molecule has 0 saturated carbocycles. The number of nitrogens with one attached hydrogen (secondary N) is 2. The molecule has 0 unspecified atom stereocenters. The highest BCUT2D eigenvalue weighted by atomic mass is 35.5. The Morgan fingerprint density at radius 3 is 2.89 bits per heavy atom. The number of carbonyl (C=O) groups is 1. The molecule has 2 aromatic rings. The highest BCUT2D eigenvalue weighted by molar-refractivity contribution is 5.86. The van der Waals surface area contributed by atoms with Crippen molar-refractivity contribution in [1.82, 2.24) is 15.8 Å². The maximum Gasteiger partial charge on any atom is 0.226 e. The Morgan fingerprint density at radius 2 is 2.11 bits per heavy atom. The van der Waals surface area contributed by atoms with E-state index in [1.807, 2.05) is 31.3 Å². The Kier molecular flexibility index (Phi) is 5.61. The van der Waals surface area contributed by atoms with Crippen molar-refractivity contribution < 1.29 is 9.32 Å². The first-order chi connectivity index (χ1) is 8.31. The van der Waals surface area contributed by atoms with Gasteiger partial charge in [0.15, 0.2) is 5.58 Å². The van der Waals surface area contributed by atoms with Crippen LogP contribution < -0.4 is 10.6 Å². The highest BCUT2D eigenvalue weighted by Crippen LogP contribution is 2.17. The Hall–Kier alpha value is -1.59. The topological polar surface area (TPSA) is 67.2 Å². The number of hydrogen-bond donors (Lipinski definition) is 2. The summed E-state index contributed by atoms with van der Waals surface area (Å²) in [4.78, 5) is 11.6. The molecule has 0 aliphatic rings. The van der Waals surface area contributed by atoms with Gasteiger partial charge in [-0.2, -0.15) is 0 Å². The Balaban J connectivity index is 0.00000162. The van der Waals surface area contributed by atoms with E-state index in [0.717, 1.165) is 11.9 Å². The van der Waals surface area contributed by atoms with Gasteiger partial charge >= 0.3 is 0 Å². The number of benzene rings is 1. The predicted molar refractivity (Wildman–Crippen MR) is 71.9 cm³/mol. The summed E-state index contributed by atoms with van der Waals surface area (Å²) in [6, 6.07) is 7.53. The molecule has 6 heteroatoms. The maximum atomic E-state index is 11.6. The summed E-state index contributed by atoms with van der Waals surface area (Å²) in [7, 11) is 1.84. The van der Waals surface area contributed by atoms with E-state index in [4.69, 9.17) is 4.52 Å². The minimum Gasteiger partial charge on any atom is -0.356 e. The van der Waals surface area contributed by atoms with Crippen molar-refractivity contribution in [2.45, 2.75) is 6.42 Å². The average Bonchev–Trinajstić information content (AvgIpc) is 2.73. The van der Waals surface area contributed by atoms with Crippen molar-refractivity contribution in [3.63, 3.8) is 0 Å². The lowest BCUT2D eigenvalue weighted by Gasteiger charge is -2.02. The summed E-state index contributed by atoms with van der Waals surface area (Å²) in [5.74, 6) is -0.0423. The van der Waals surface area contributed by atoms with Crippen LogP contribution in [0.4, 0.5) is 0 Å². The van der Waals surface area contributed by atoms with Gasteiger partial charge in [0.1, 0.15) is 5.69 Å². The minimum atomic E-state index is -0.0423. The van der Waals surface area contributed by atoms with Crippen LogP contribution in [-0.2, 0) is 11.2 Å². The molecule has 2 N–H and O–H groups in total. The van der Waals surface area contributed by atoms with E-state index < -0.39 is 0 Å². The SMILES string of the molecule is CNCCNC(=O)Cc1noc2ccccc12.Cl. The van der Waals surface area contributed by atoms with Crippen LogP contribution in [0.15, 0.2) is 28.8 Å². The number of halogens is 1. The fourth-order valence-electron chi connectivity index (χ4n) is 1.61. The number of hydrogen-bond acceptors (Lipinski definition) is 4. The second-order valence-electron chi connectivity index (χ2n) is 3.76. The van der Waals surface area contributed by atoms with Gasteiger partial charge in [-0.15, -0.1) is 12.4 Å². The van der Waals surface area contributed by atoms with Gasteiger partial charge < -0.3 is 15.2 Å². The monoisotopic (exact) mass is 269 g/mol. The fraction of sp³-hybridized carbons (Fsp3) is 0.333. The van der Waals surface area contributed by atoms with Crippen LogP contribution in [0, 0.1) is 0 Å². The second kappa shape index (κ2) is 6.98. The van der Waals surface area contributed by atoms with Gasteiger partial charge in [0.25, 0.3) is 0 Å². The van der Waals surface area contributed by atoms with E-state index >= 15 is 0 Å². The molecule has 0 saturated heterocycles. The van der Waals surface area contributed by atoms with E-state index in [-0.39, 0.29) is 24.7 Å². The Labute approximate surface area is 111 Å². The van der Waals surface area contributed by atoms with Gasteiger partial charge in [0.05, 0.1) is 6.42 Å². The van der Waals surface area contributed by atoms with Gasteiger partial charge in [-0.05, 0) is 19.2 Å². The van der Waals surface area contributed by atoms with Crippen molar-refractivity contribution in [3.8, 4) is 0 Å². The molecule has 2 rings (SSSR count). The molecule has 0 aliphatic heterocycles. The summed E-state index contributed by atoms with van der Waals surface area (Å²) < 4.78 is 5.13. The molecular formula is C12H16ClN3O2. The number of likely N-dealkylation sites (N-methyl/N-ethyl adjacent to an activating group) is 1. The largest absolute Gasteiger partial charge is 0.356 e. The zero-order valence-corrected chi connectivity index (χ0v) is 10.9. The van der Waals surface area contributed by atoms with E-state index in [2.05, 4.69) is 15.8 Å². The second-order valence-corrected chi connectivity index (χ2v) is 3.76. The van der Waals surface area contributed by atoms with Crippen LogP contribution in [0.5, 0.6) is 0 Å². The average molecular weight is 270 g/mol. The fourth-order valence-corrected chi connectivity index (χ4v) is 1.61. The maximum absolute atomic E-state index is 11.6. The Bertz CT molecular complexity index is 513. The summed E-state index contributed by atoms with van der Waals surface area (Å²) in [6.07, 6.45) is 0.251. The van der Waals surface area contributed by atoms with Crippen LogP contribution in [-0.4, -0.2) is 31.2 Å². The summed E-state index contributed by atoms with van der Waals surface area (Å²) in [6.45, 7) is 1.37. The van der Waals surface area contributed by atoms with Crippen molar-refractivity contribution >= 4 is 29.3 Å². The van der Waals surface area contributed by atoms with Gasteiger partial charge in [0.2, 0.25) is 5.91 Å². The van der Waals surface area contributed by atoms with Crippen LogP contribution in [0.1, 0.15) is 5.69 Å². The standard InChI is InChI=1S/C12H15N3O2.ClH/c1-13-6-7-14-12(16)8-10-9-4-2-3-5-11(9)17-15-10;/h2-5,13H,6-8H2,1H3,(H,14,16);1H. The molecule has 1 aromatic heterocycles. The van der Waals surface area contributed by atoms with E-state index in [9.17, 15) is 4.79 Å². The van der Waals surface area contributed by atoms with Gasteiger partial charge in [-0.1, -0.05) is 17.3 Å². The molecule has 1 amide bonds. The van der Waals surface area contributed by atoms with Crippen molar-refractivity contribution in [2.75, 3.05) is 20.1 Å². The van der Waals surface area contributed by atoms with Crippen LogP contribution in [0.25, 0.3) is 11.0 Å². The van der Waals surface area contributed by atoms with Crippen LogP contribution in [0.3, 0.4) is 0 Å². The smallest absolute Gasteiger partial charge is 0.226 e. The first-order valence-corrected chi connectivity index (χ1v) is 5.56. The highest BCUT2D eigenvalue weighted by Gasteiger charge is 2.11. The summed E-state index contributed by atoms with van der Waals surface area (Å²) in [5.41, 5.74) is 1.40. The number of para-hydroxylation sites is 1. The molecule has 5 nitrogen and oxygen atoms in total. The third kappa shape index (κ3) is 3.45. The van der Waals surface area contributed by atoms with Gasteiger partial charge in [-0.25, -0.2) is 0 Å². The zero-order valence-electron chi connectivity index (χ0n) is 10.1. The van der Waals surface area contributed by atoms with Gasteiger partial charge in [0, 0.05) is 18.5 Å². The zero-order chi connectivity index (χ0) is 12.1. The van der Waals surface area contributed by atoms with Crippen molar-refractivity contribution in [2.24, 2.45) is 0 Å². The van der Waals surface area contributed by atoms with E-state index in [1.165, 1.54) is 0 Å². The third-order valence-corrected chi connectivity index (χ3v) is 2.48. The van der Waals surface area contributed by atoms with Crippen LogP contribution >= 0.6 is 12.4 Å². The number of carbonyl (C=O) groups excluding carboxylic acids is 1. The molecule has 0 bridgehead atoms. The number of aromatic nitrogens is 1. The minimum absolute atomic E-state index is 0. The number of fused-ring (bicyclic) bond motifs is 1. The number of amides is 1. The lowest BCUT2D eigenvalue weighted by molar-refractivity contribution is -0.120. The van der Waals surface area contributed by atoms with Gasteiger partial charge in [-0.3, -0.25) is 4.79 Å². The number of rotatable bonds is 5. The normalized spacial score (nSPS) is 10.1. The van der Waals surface area contributed by atoms with E-state index in [0.29, 0.717) is 17.8 Å². The van der Waals surface area contributed by atoms with E-state index in [1.54, 1.807) is 0 Å². The molecule has 0 spiro atoms. The molecular weight excluding hydrogens is 254 g/mol. The lowest BCUT2D eigenvalue weighted by Crippen LogP contribution is -2.31. The molecule has 98 valence electrons. The quantitative estimate of drug-likeness (QED) is 0.799. The molecule has 0 atom stereocenters. The molecule has 0 radical (unpaired) electrons. The lowest BCUT2D eigenvalue weighted by atomic mass is 10.1. The first-order valence-electron chi connectivity index (χ1n) is 5.56. The third-order valence-electron chi connectivity index (χ3n) is 2.48. The summed E-state index contributed by atoms with van der Waals surface area (Å²) >= 11 is 0. The van der Waals surface area contributed by atoms with Crippen molar-refractivity contribution in [3.05, 3.63) is 30.0 Å². The molecule has 18 heavy (non-hydrogen) atoms. The summed E-state index contributed by atoms with van der Waals surface area (Å²) in [5, 5.41) is 10.6. The first kappa shape index (κ1) is 14.5. The molecule has 0 fully saturated rings.